The second kappa shape index (κ2) is 5.94. The summed E-state index contributed by atoms with van der Waals surface area (Å²) in [6.07, 6.45) is 4.42. The summed E-state index contributed by atoms with van der Waals surface area (Å²) >= 11 is 0. The molecule has 0 spiro atoms. The second-order valence-electron chi connectivity index (χ2n) is 3.69. The Morgan fingerprint density at radius 1 is 1.31 bits per heavy atom. The topological polar surface area (TPSA) is 112 Å². The first-order valence-electron chi connectivity index (χ1n) is 4.94. The lowest BCUT2D eigenvalue weighted by molar-refractivity contribution is -0.118. The Bertz CT molecular complexity index is 329. The van der Waals surface area contributed by atoms with Crippen LogP contribution in [-0.4, -0.2) is 18.0 Å². The smallest absolute Gasteiger partial charge is 0.264 e. The maximum Gasteiger partial charge on any atom is 0.264 e. The quantitative estimate of drug-likeness (QED) is 0.438. The minimum atomic E-state index is -0.690. The Morgan fingerprint density at radius 2 is 2.06 bits per heavy atom. The van der Waals surface area contributed by atoms with Gasteiger partial charge < -0.3 is 0 Å². The van der Waals surface area contributed by atoms with Crippen LogP contribution in [0, 0.1) is 21.3 Å². The average Bonchev–Trinajstić information content (AvgIpc) is 2.35. The van der Waals surface area contributed by atoms with E-state index < -0.39 is 18.0 Å². The van der Waals surface area contributed by atoms with E-state index >= 15 is 0 Å². The molecule has 86 valence electrons. The minimum Gasteiger partial charge on any atom is -0.271 e. The number of carbonyl (C=O) groups is 1. The molecule has 0 saturated heterocycles. The van der Waals surface area contributed by atoms with Gasteiger partial charge in [-0.2, -0.15) is 9.81 Å². The highest BCUT2D eigenvalue weighted by atomic mass is 16.3. The molecule has 1 amide bonds. The molecule has 0 saturated carbocycles. The molecule has 0 bridgehead atoms. The summed E-state index contributed by atoms with van der Waals surface area (Å²) in [7, 11) is 0. The number of nitrogens with zero attached hydrogens (tertiary/aromatic N) is 3. The van der Waals surface area contributed by atoms with Gasteiger partial charge in [0.15, 0.2) is 0 Å². The van der Waals surface area contributed by atoms with Gasteiger partial charge in [-0.05, 0) is 18.8 Å². The van der Waals surface area contributed by atoms with Gasteiger partial charge in [-0.15, -0.1) is 5.11 Å². The monoisotopic (exact) mass is 224 g/mol. The summed E-state index contributed by atoms with van der Waals surface area (Å²) < 4.78 is 0. The van der Waals surface area contributed by atoms with Crippen LogP contribution in [0.25, 0.3) is 0 Å². The first-order chi connectivity index (χ1) is 7.71. The van der Waals surface area contributed by atoms with Gasteiger partial charge in [0.2, 0.25) is 0 Å². The predicted molar refractivity (Wildman–Crippen MR) is 55.8 cm³/mol. The van der Waals surface area contributed by atoms with E-state index in [1.54, 1.807) is 12.2 Å². The lowest BCUT2D eigenvalue weighted by Gasteiger charge is -2.22. The van der Waals surface area contributed by atoms with Crippen molar-refractivity contribution in [2.75, 3.05) is 0 Å². The molecule has 3 atom stereocenters. The van der Waals surface area contributed by atoms with Gasteiger partial charge in [-0.1, -0.05) is 22.5 Å². The van der Waals surface area contributed by atoms with Gasteiger partial charge >= 0.3 is 0 Å². The van der Waals surface area contributed by atoms with E-state index in [4.69, 9.17) is 5.53 Å². The van der Waals surface area contributed by atoms with E-state index in [1.807, 2.05) is 0 Å². The van der Waals surface area contributed by atoms with Crippen molar-refractivity contribution in [1.29, 1.82) is 5.53 Å². The third-order valence-corrected chi connectivity index (χ3v) is 2.63. The van der Waals surface area contributed by atoms with Crippen LogP contribution in [0.2, 0.25) is 0 Å². The van der Waals surface area contributed by atoms with Crippen molar-refractivity contribution in [2.24, 2.45) is 21.4 Å². The third-order valence-electron chi connectivity index (χ3n) is 2.63. The summed E-state index contributed by atoms with van der Waals surface area (Å²) in [5.74, 6) is -0.467. The molecule has 1 N–H and O–H groups in total. The molecule has 0 heterocycles. The van der Waals surface area contributed by atoms with Crippen molar-refractivity contribution in [1.82, 2.24) is 0 Å². The fourth-order valence-electron chi connectivity index (χ4n) is 1.72. The molecule has 0 radical (unpaired) electrons. The van der Waals surface area contributed by atoms with Crippen LogP contribution in [0.4, 0.5) is 0 Å². The molecular weight excluding hydrogens is 212 g/mol. The molecule has 0 aromatic carbocycles. The largest absolute Gasteiger partial charge is 0.271 e. The summed E-state index contributed by atoms with van der Waals surface area (Å²) in [6.45, 7) is 0. The highest BCUT2D eigenvalue weighted by Crippen LogP contribution is 2.26. The minimum absolute atomic E-state index is 0.0198. The highest BCUT2D eigenvalue weighted by molar-refractivity contribution is 5.75. The van der Waals surface area contributed by atoms with Crippen molar-refractivity contribution < 1.29 is 4.79 Å². The summed E-state index contributed by atoms with van der Waals surface area (Å²) in [6, 6.07) is -1.33. The first kappa shape index (κ1) is 12.3. The first-order valence-corrected chi connectivity index (χ1v) is 4.94. The van der Waals surface area contributed by atoms with Crippen LogP contribution < -0.4 is 0 Å². The number of hydrogen-bond acceptors (Lipinski definition) is 6. The molecule has 1 unspecified atom stereocenters. The normalized spacial score (nSPS) is 28.4. The fraction of sp³-hybridized carbons (Fsp3) is 0.667. The number of amides is 1. The molecule has 0 fully saturated rings. The van der Waals surface area contributed by atoms with Crippen LogP contribution >= 0.6 is 0 Å². The fourth-order valence-corrected chi connectivity index (χ4v) is 1.72. The zero-order valence-electron chi connectivity index (χ0n) is 8.57. The maximum atomic E-state index is 10.8. The Kier molecular flexibility index (Phi) is 4.56. The van der Waals surface area contributed by atoms with Gasteiger partial charge in [0.25, 0.3) is 5.91 Å². The van der Waals surface area contributed by atoms with Crippen LogP contribution in [0.15, 0.2) is 27.6 Å². The predicted octanol–water partition coefficient (Wildman–Crippen LogP) is 2.17. The molecule has 0 aliphatic heterocycles. The number of allylic oxidation sites excluding steroid dienone is 1. The highest BCUT2D eigenvalue weighted by Gasteiger charge is 2.28. The van der Waals surface area contributed by atoms with Crippen molar-refractivity contribution in [3.05, 3.63) is 22.0 Å². The standard InChI is InChI=1S/C9H12N4O3/c10-11-9(14)4-2-6-1-3-7(12-15)8(5-6)13-16/h1,3,6-8,10H,2,4-5H2/t6-,7?,8+/m1/s1. The molecule has 16 heavy (non-hydrogen) atoms. The van der Waals surface area contributed by atoms with E-state index in [0.29, 0.717) is 12.8 Å². The van der Waals surface area contributed by atoms with Crippen LogP contribution in [0.5, 0.6) is 0 Å². The molecule has 0 aromatic rings. The second-order valence-corrected chi connectivity index (χ2v) is 3.69. The van der Waals surface area contributed by atoms with Crippen LogP contribution in [0.1, 0.15) is 19.3 Å². The van der Waals surface area contributed by atoms with Crippen molar-refractivity contribution in [3.63, 3.8) is 0 Å². The molecular formula is C9H12N4O3. The number of hydrogen-bond donors (Lipinski definition) is 1. The van der Waals surface area contributed by atoms with E-state index in [0.717, 1.165) is 0 Å². The maximum absolute atomic E-state index is 10.8. The van der Waals surface area contributed by atoms with Crippen molar-refractivity contribution in [3.8, 4) is 0 Å². The zero-order valence-corrected chi connectivity index (χ0v) is 8.57. The molecule has 1 aliphatic rings. The summed E-state index contributed by atoms with van der Waals surface area (Å²) in [4.78, 5) is 31.6. The summed E-state index contributed by atoms with van der Waals surface area (Å²) in [5, 5.41) is 8.43. The summed E-state index contributed by atoms with van der Waals surface area (Å²) in [5.41, 5.74) is 6.50. The number of nitroso groups, excluding NO2 is 2. The Morgan fingerprint density at radius 3 is 2.62 bits per heavy atom. The van der Waals surface area contributed by atoms with Crippen molar-refractivity contribution >= 4 is 5.91 Å². The lowest BCUT2D eigenvalue weighted by atomic mass is 9.86. The van der Waals surface area contributed by atoms with Gasteiger partial charge in [-0.3, -0.25) is 4.79 Å². The van der Waals surface area contributed by atoms with Crippen LogP contribution in [0.3, 0.4) is 0 Å². The molecule has 7 nitrogen and oxygen atoms in total. The molecule has 1 aliphatic carbocycles. The van der Waals surface area contributed by atoms with Gasteiger partial charge in [0.1, 0.15) is 12.1 Å². The lowest BCUT2D eigenvalue weighted by Crippen LogP contribution is -2.26. The molecule has 7 heteroatoms. The van der Waals surface area contributed by atoms with E-state index in [1.165, 1.54) is 0 Å². The zero-order chi connectivity index (χ0) is 12.0. The molecule has 1 rings (SSSR count). The Labute approximate surface area is 91.8 Å². The van der Waals surface area contributed by atoms with Gasteiger partial charge in [0, 0.05) is 6.42 Å². The van der Waals surface area contributed by atoms with E-state index in [-0.39, 0.29) is 12.3 Å². The van der Waals surface area contributed by atoms with Crippen molar-refractivity contribution in [2.45, 2.75) is 31.3 Å². The Balaban J connectivity index is 2.52. The van der Waals surface area contributed by atoms with E-state index in [9.17, 15) is 14.6 Å². The number of rotatable bonds is 5. The SMILES string of the molecule is N=NC(=O)CC[C@H]1C=CC(N=O)[C@@H](N=O)C1. The number of carbonyl (C=O) groups excluding carboxylic acids is 1. The van der Waals surface area contributed by atoms with Crippen LogP contribution in [-0.2, 0) is 4.79 Å². The third kappa shape index (κ3) is 3.11. The van der Waals surface area contributed by atoms with E-state index in [2.05, 4.69) is 15.5 Å². The Hall–Kier alpha value is -1.79. The number of nitrogens with one attached hydrogen (secondary N) is 1. The van der Waals surface area contributed by atoms with Gasteiger partial charge in [0.05, 0.1) is 0 Å². The van der Waals surface area contributed by atoms with Gasteiger partial charge in [-0.25, -0.2) is 5.53 Å². The molecule has 0 aromatic heterocycles. The average molecular weight is 224 g/mol.